The smallest absolute Gasteiger partial charge is 0.258 e. The van der Waals surface area contributed by atoms with Crippen molar-refractivity contribution in [1.29, 1.82) is 0 Å². The molecule has 0 saturated carbocycles. The molecule has 156 valence electrons. The molecule has 0 saturated heterocycles. The average Bonchev–Trinajstić information content (AvgIpc) is 3.53. The molecule has 1 N–H and O–H groups in total. The van der Waals surface area contributed by atoms with Crippen LogP contribution in [0.1, 0.15) is 11.4 Å². The van der Waals surface area contributed by atoms with E-state index in [1.54, 1.807) is 10.8 Å². The highest BCUT2D eigenvalue weighted by atomic mass is 16.7. The molecule has 4 aromatic rings. The van der Waals surface area contributed by atoms with E-state index in [0.717, 1.165) is 11.1 Å². The number of hydrogen-bond donors (Lipinski definition) is 1. The van der Waals surface area contributed by atoms with Crippen molar-refractivity contribution in [3.05, 3.63) is 66.1 Å². The van der Waals surface area contributed by atoms with Gasteiger partial charge in [-0.3, -0.25) is 4.79 Å². The zero-order valence-corrected chi connectivity index (χ0v) is 16.7. The maximum absolute atomic E-state index is 12.4. The third kappa shape index (κ3) is 3.97. The lowest BCUT2D eigenvalue weighted by Gasteiger charge is -2.07. The summed E-state index contributed by atoms with van der Waals surface area (Å²) in [5, 5.41) is 6.92. The molecule has 9 nitrogen and oxygen atoms in total. The molecule has 1 aliphatic heterocycles. The Morgan fingerprint density at radius 3 is 2.81 bits per heavy atom. The van der Waals surface area contributed by atoms with Gasteiger partial charge in [0.05, 0.1) is 0 Å². The van der Waals surface area contributed by atoms with Crippen LogP contribution in [0.25, 0.3) is 23.0 Å². The summed E-state index contributed by atoms with van der Waals surface area (Å²) in [6.45, 7) is 2.57. The fourth-order valence-electron chi connectivity index (χ4n) is 3.26. The van der Waals surface area contributed by atoms with Gasteiger partial charge in [0, 0.05) is 18.3 Å². The Kier molecular flexibility index (Phi) is 4.83. The van der Waals surface area contributed by atoms with Gasteiger partial charge >= 0.3 is 0 Å². The van der Waals surface area contributed by atoms with Gasteiger partial charge in [-0.15, -0.1) is 0 Å². The van der Waals surface area contributed by atoms with E-state index in [1.807, 2.05) is 55.5 Å². The third-order valence-electron chi connectivity index (χ3n) is 4.89. The first-order chi connectivity index (χ1) is 15.2. The summed E-state index contributed by atoms with van der Waals surface area (Å²) in [4.78, 5) is 21.3. The minimum Gasteiger partial charge on any atom is -0.454 e. The van der Waals surface area contributed by atoms with Gasteiger partial charge in [0.1, 0.15) is 18.1 Å². The summed E-state index contributed by atoms with van der Waals surface area (Å²) in [6.07, 6.45) is 1.75. The molecule has 9 heteroatoms. The molecule has 0 fully saturated rings. The summed E-state index contributed by atoms with van der Waals surface area (Å²) in [7, 11) is 0. The van der Waals surface area contributed by atoms with Gasteiger partial charge in [-0.25, -0.2) is 4.98 Å². The van der Waals surface area contributed by atoms with Crippen LogP contribution in [0.5, 0.6) is 11.5 Å². The van der Waals surface area contributed by atoms with Crippen molar-refractivity contribution in [2.75, 3.05) is 6.79 Å². The van der Waals surface area contributed by atoms with E-state index in [1.165, 1.54) is 0 Å². The second-order valence-electron chi connectivity index (χ2n) is 7.05. The number of imidazole rings is 1. The molecule has 5 rings (SSSR count). The summed E-state index contributed by atoms with van der Waals surface area (Å²) < 4.78 is 17.8. The molecule has 2 aromatic heterocycles. The summed E-state index contributed by atoms with van der Waals surface area (Å²) in [6, 6.07) is 15.1. The lowest BCUT2D eigenvalue weighted by Crippen LogP contribution is -2.27. The number of carbonyl (C=O) groups is 1. The Hall–Kier alpha value is -4.14. The highest BCUT2D eigenvalue weighted by Gasteiger charge is 2.16. The number of aryl methyl sites for hydroxylation is 1. The van der Waals surface area contributed by atoms with Gasteiger partial charge in [0.2, 0.25) is 18.5 Å². The van der Waals surface area contributed by atoms with Crippen LogP contribution in [0.15, 0.2) is 59.3 Å². The molecule has 0 aliphatic carbocycles. The van der Waals surface area contributed by atoms with Crippen LogP contribution in [0.4, 0.5) is 0 Å². The molecule has 0 bridgehead atoms. The normalized spacial score (nSPS) is 12.2. The highest BCUT2D eigenvalue weighted by molar-refractivity contribution is 5.76. The zero-order valence-electron chi connectivity index (χ0n) is 16.7. The van der Waals surface area contributed by atoms with Crippen molar-refractivity contribution in [3.63, 3.8) is 0 Å². The predicted molar refractivity (Wildman–Crippen MR) is 110 cm³/mol. The molecule has 2 aromatic carbocycles. The van der Waals surface area contributed by atoms with Crippen molar-refractivity contribution >= 4 is 5.91 Å². The van der Waals surface area contributed by atoms with Gasteiger partial charge in [0.25, 0.3) is 5.89 Å². The van der Waals surface area contributed by atoms with E-state index < -0.39 is 0 Å². The van der Waals surface area contributed by atoms with Crippen LogP contribution < -0.4 is 14.8 Å². The third-order valence-corrected chi connectivity index (χ3v) is 4.89. The number of rotatable bonds is 6. The highest BCUT2D eigenvalue weighted by Crippen LogP contribution is 2.32. The van der Waals surface area contributed by atoms with E-state index in [4.69, 9.17) is 14.0 Å². The molecule has 0 atom stereocenters. The summed E-state index contributed by atoms with van der Waals surface area (Å²) >= 11 is 0. The van der Waals surface area contributed by atoms with Crippen LogP contribution in [0.2, 0.25) is 0 Å². The molecule has 0 unspecified atom stereocenters. The van der Waals surface area contributed by atoms with Crippen LogP contribution in [-0.4, -0.2) is 32.4 Å². The van der Waals surface area contributed by atoms with E-state index in [0.29, 0.717) is 41.3 Å². The number of carbonyl (C=O) groups excluding carboxylic acids is 1. The van der Waals surface area contributed by atoms with Gasteiger partial charge in [-0.1, -0.05) is 29.4 Å². The lowest BCUT2D eigenvalue weighted by atomic mass is 10.2. The number of nitrogens with one attached hydrogen (secondary N) is 1. The van der Waals surface area contributed by atoms with Crippen molar-refractivity contribution < 1.29 is 18.8 Å². The van der Waals surface area contributed by atoms with Crippen molar-refractivity contribution in [1.82, 2.24) is 25.0 Å². The van der Waals surface area contributed by atoms with Crippen LogP contribution in [0, 0.1) is 6.92 Å². The van der Waals surface area contributed by atoms with Gasteiger partial charge in [-0.2, -0.15) is 4.98 Å². The second kappa shape index (κ2) is 7.94. The SMILES string of the molecule is Cc1nc(-c2noc(-c3ccccc3)n2)cn1CC(=O)NCc1ccc2c(c1)OCO2. The fourth-order valence-corrected chi connectivity index (χ4v) is 3.26. The largest absolute Gasteiger partial charge is 0.454 e. The van der Waals surface area contributed by atoms with Gasteiger partial charge < -0.3 is 23.9 Å². The monoisotopic (exact) mass is 417 g/mol. The Labute approximate surface area is 177 Å². The Balaban J connectivity index is 1.24. The van der Waals surface area contributed by atoms with E-state index in [9.17, 15) is 4.79 Å². The number of nitrogens with zero attached hydrogens (tertiary/aromatic N) is 4. The van der Waals surface area contributed by atoms with Crippen molar-refractivity contribution in [2.24, 2.45) is 0 Å². The second-order valence-corrected chi connectivity index (χ2v) is 7.05. The van der Waals surface area contributed by atoms with Gasteiger partial charge in [-0.05, 0) is 36.8 Å². The Bertz CT molecular complexity index is 1230. The first-order valence-corrected chi connectivity index (χ1v) is 9.74. The number of hydrogen-bond acceptors (Lipinski definition) is 7. The van der Waals surface area contributed by atoms with Crippen LogP contribution in [0.3, 0.4) is 0 Å². The maximum Gasteiger partial charge on any atom is 0.258 e. The van der Waals surface area contributed by atoms with E-state index in [-0.39, 0.29) is 19.2 Å². The van der Waals surface area contributed by atoms with E-state index in [2.05, 4.69) is 20.4 Å². The quantitative estimate of drug-likeness (QED) is 0.514. The lowest BCUT2D eigenvalue weighted by molar-refractivity contribution is -0.121. The minimum absolute atomic E-state index is 0.132. The first kappa shape index (κ1) is 18.9. The van der Waals surface area contributed by atoms with E-state index >= 15 is 0 Å². The number of fused-ring (bicyclic) bond motifs is 1. The topological polar surface area (TPSA) is 104 Å². The molecule has 3 heterocycles. The van der Waals surface area contributed by atoms with Crippen molar-refractivity contribution in [3.8, 4) is 34.5 Å². The molecule has 1 aliphatic rings. The standard InChI is InChI=1S/C22H19N5O4/c1-14-24-17(21-25-22(31-26-21)16-5-3-2-4-6-16)11-27(14)12-20(28)23-10-15-7-8-18-19(9-15)30-13-29-18/h2-9,11H,10,12-13H2,1H3,(H,23,28). The Morgan fingerprint density at radius 2 is 1.94 bits per heavy atom. The van der Waals surface area contributed by atoms with Crippen molar-refractivity contribution in [2.45, 2.75) is 20.0 Å². The first-order valence-electron chi connectivity index (χ1n) is 9.74. The summed E-state index contributed by atoms with van der Waals surface area (Å²) in [5.74, 6) is 2.75. The molecule has 31 heavy (non-hydrogen) atoms. The predicted octanol–water partition coefficient (Wildman–Crippen LogP) is 2.95. The maximum atomic E-state index is 12.4. The Morgan fingerprint density at radius 1 is 1.10 bits per heavy atom. The minimum atomic E-state index is -0.136. The number of aromatic nitrogens is 4. The molecular weight excluding hydrogens is 398 g/mol. The number of benzene rings is 2. The summed E-state index contributed by atoms with van der Waals surface area (Å²) in [5.41, 5.74) is 2.31. The average molecular weight is 417 g/mol. The fraction of sp³-hybridized carbons (Fsp3) is 0.182. The molecule has 0 radical (unpaired) electrons. The van der Waals surface area contributed by atoms with Crippen LogP contribution in [-0.2, 0) is 17.9 Å². The van der Waals surface area contributed by atoms with Crippen LogP contribution >= 0.6 is 0 Å². The zero-order chi connectivity index (χ0) is 21.2. The number of amides is 1. The molecule has 1 amide bonds. The molecular formula is C22H19N5O4. The van der Waals surface area contributed by atoms with Gasteiger partial charge in [0.15, 0.2) is 11.5 Å². The molecule has 0 spiro atoms. The number of ether oxygens (including phenoxy) is 2.